The van der Waals surface area contributed by atoms with Gasteiger partial charge in [0.1, 0.15) is 5.75 Å². The second-order valence-electron chi connectivity index (χ2n) is 8.17. The molecule has 134 valence electrons. The zero-order valence-corrected chi connectivity index (χ0v) is 15.6. The minimum atomic E-state index is 0.472. The minimum absolute atomic E-state index is 0.472. The van der Waals surface area contributed by atoms with Crippen molar-refractivity contribution in [2.75, 3.05) is 7.11 Å². The zero-order valence-electron chi connectivity index (χ0n) is 15.6. The molecule has 0 radical (unpaired) electrons. The van der Waals surface area contributed by atoms with Crippen molar-refractivity contribution in [2.24, 2.45) is 23.5 Å². The number of ether oxygens (including phenoxy) is 1. The summed E-state index contributed by atoms with van der Waals surface area (Å²) in [4.78, 5) is 0. The molecule has 1 saturated carbocycles. The Labute approximate surface area is 148 Å². The number of nitrogens with two attached hydrogens (primary N) is 1. The predicted molar refractivity (Wildman–Crippen MR) is 101 cm³/mol. The van der Waals surface area contributed by atoms with Crippen LogP contribution in [0.25, 0.3) is 0 Å². The molecule has 0 heterocycles. The maximum atomic E-state index is 6.10. The Balaban J connectivity index is 1.66. The smallest absolute Gasteiger partial charge is 0.122 e. The van der Waals surface area contributed by atoms with E-state index in [1.807, 2.05) is 0 Å². The largest absolute Gasteiger partial charge is 0.496 e. The van der Waals surface area contributed by atoms with Crippen LogP contribution in [0, 0.1) is 17.8 Å². The van der Waals surface area contributed by atoms with Gasteiger partial charge in [0.25, 0.3) is 0 Å². The quantitative estimate of drug-likeness (QED) is 0.786. The second-order valence-corrected chi connectivity index (χ2v) is 8.17. The number of hydrogen-bond acceptors (Lipinski definition) is 2. The molecule has 2 unspecified atom stereocenters. The van der Waals surface area contributed by atoms with Crippen molar-refractivity contribution in [1.82, 2.24) is 0 Å². The summed E-state index contributed by atoms with van der Waals surface area (Å²) in [6, 6.07) is 7.08. The fourth-order valence-corrected chi connectivity index (χ4v) is 5.16. The van der Waals surface area contributed by atoms with Crippen LogP contribution in [0.3, 0.4) is 0 Å². The number of fused-ring (bicyclic) bond motifs is 1. The fraction of sp³-hybridized carbons (Fsp3) is 0.727. The molecule has 0 aliphatic heterocycles. The normalized spacial score (nSPS) is 28.2. The van der Waals surface area contributed by atoms with Gasteiger partial charge in [-0.2, -0.15) is 0 Å². The predicted octanol–water partition coefficient (Wildman–Crippen LogP) is 5.12. The van der Waals surface area contributed by atoms with Gasteiger partial charge in [-0.05, 0) is 86.3 Å². The van der Waals surface area contributed by atoms with Gasteiger partial charge in [0, 0.05) is 6.04 Å². The van der Waals surface area contributed by atoms with Crippen molar-refractivity contribution in [1.29, 1.82) is 0 Å². The topological polar surface area (TPSA) is 35.2 Å². The third-order valence-electron chi connectivity index (χ3n) is 6.55. The molecule has 3 rings (SSSR count). The lowest BCUT2D eigenvalue weighted by molar-refractivity contribution is 0.196. The molecule has 0 saturated heterocycles. The molecule has 0 spiro atoms. The summed E-state index contributed by atoms with van der Waals surface area (Å²) in [6.45, 7) is 2.35. The van der Waals surface area contributed by atoms with E-state index in [-0.39, 0.29) is 0 Å². The molecule has 2 heteroatoms. The van der Waals surface area contributed by atoms with Crippen LogP contribution in [0.15, 0.2) is 18.2 Å². The fourth-order valence-electron chi connectivity index (χ4n) is 5.16. The Morgan fingerprint density at radius 2 is 1.96 bits per heavy atom. The maximum absolute atomic E-state index is 6.10. The first kappa shape index (κ1) is 17.8. The molecule has 0 amide bonds. The molecular formula is C22H35NO. The van der Waals surface area contributed by atoms with Gasteiger partial charge in [-0.1, -0.05) is 31.9 Å². The van der Waals surface area contributed by atoms with Crippen LogP contribution in [0.1, 0.15) is 69.4 Å². The summed E-state index contributed by atoms with van der Waals surface area (Å²) in [5.74, 6) is 3.78. The summed E-state index contributed by atoms with van der Waals surface area (Å²) in [7, 11) is 1.80. The number of hydrogen-bond donors (Lipinski definition) is 1. The van der Waals surface area contributed by atoms with Gasteiger partial charge in [-0.25, -0.2) is 0 Å². The lowest BCUT2D eigenvalue weighted by atomic mass is 9.70. The van der Waals surface area contributed by atoms with Crippen LogP contribution in [-0.2, 0) is 12.8 Å². The van der Waals surface area contributed by atoms with Crippen LogP contribution in [-0.4, -0.2) is 13.2 Å². The van der Waals surface area contributed by atoms with Gasteiger partial charge in [0.15, 0.2) is 0 Å². The summed E-state index contributed by atoms with van der Waals surface area (Å²) in [6.07, 6.45) is 13.1. The third-order valence-corrected chi connectivity index (χ3v) is 6.55. The van der Waals surface area contributed by atoms with E-state index in [0.717, 1.165) is 23.5 Å². The van der Waals surface area contributed by atoms with Gasteiger partial charge in [-0.3, -0.25) is 0 Å². The van der Waals surface area contributed by atoms with Gasteiger partial charge in [-0.15, -0.1) is 0 Å². The van der Waals surface area contributed by atoms with Crippen molar-refractivity contribution >= 4 is 0 Å². The van der Waals surface area contributed by atoms with Crippen molar-refractivity contribution < 1.29 is 4.74 Å². The monoisotopic (exact) mass is 329 g/mol. The van der Waals surface area contributed by atoms with E-state index in [0.29, 0.717) is 6.04 Å². The van der Waals surface area contributed by atoms with E-state index in [9.17, 15) is 0 Å². The van der Waals surface area contributed by atoms with Crippen LogP contribution in [0.4, 0.5) is 0 Å². The first-order chi connectivity index (χ1) is 11.7. The third kappa shape index (κ3) is 4.14. The molecule has 2 aliphatic rings. The molecule has 24 heavy (non-hydrogen) atoms. The first-order valence-electron chi connectivity index (χ1n) is 10.1. The summed E-state index contributed by atoms with van der Waals surface area (Å²) >= 11 is 0. The highest BCUT2D eigenvalue weighted by atomic mass is 16.5. The molecule has 0 bridgehead atoms. The summed E-state index contributed by atoms with van der Waals surface area (Å²) in [5, 5.41) is 0. The SMILES string of the molecule is CCCC(CC1CCC(N)CC1)C1CCc2c(cccc2OC)C1. The first-order valence-corrected chi connectivity index (χ1v) is 10.1. The van der Waals surface area contributed by atoms with E-state index in [2.05, 4.69) is 25.1 Å². The number of methoxy groups -OCH3 is 1. The van der Waals surface area contributed by atoms with Crippen LogP contribution >= 0.6 is 0 Å². The highest BCUT2D eigenvalue weighted by Crippen LogP contribution is 2.40. The molecule has 2 aliphatic carbocycles. The van der Waals surface area contributed by atoms with E-state index in [1.54, 1.807) is 7.11 Å². The lowest BCUT2D eigenvalue weighted by Gasteiger charge is -2.36. The van der Waals surface area contributed by atoms with E-state index >= 15 is 0 Å². The van der Waals surface area contributed by atoms with Gasteiger partial charge < -0.3 is 10.5 Å². The van der Waals surface area contributed by atoms with Gasteiger partial charge >= 0.3 is 0 Å². The Morgan fingerprint density at radius 3 is 2.67 bits per heavy atom. The zero-order chi connectivity index (χ0) is 16.9. The van der Waals surface area contributed by atoms with Crippen LogP contribution in [0.5, 0.6) is 5.75 Å². The standard InChI is InChI=1S/C22H35NO/c1-3-5-17(14-16-8-11-20(23)12-9-16)18-10-13-21-19(15-18)6-4-7-22(21)24-2/h4,6-7,16-18,20H,3,5,8-15,23H2,1-2H3. The van der Waals surface area contributed by atoms with E-state index < -0.39 is 0 Å². The lowest BCUT2D eigenvalue weighted by Crippen LogP contribution is -2.29. The Morgan fingerprint density at radius 1 is 1.17 bits per heavy atom. The summed E-state index contributed by atoms with van der Waals surface area (Å²) < 4.78 is 5.58. The summed E-state index contributed by atoms with van der Waals surface area (Å²) in [5.41, 5.74) is 9.10. The number of benzene rings is 1. The van der Waals surface area contributed by atoms with Crippen molar-refractivity contribution in [3.8, 4) is 5.75 Å². The molecule has 1 fully saturated rings. The second kappa shape index (κ2) is 8.38. The molecule has 2 N–H and O–H groups in total. The van der Waals surface area contributed by atoms with Crippen LogP contribution < -0.4 is 10.5 Å². The Kier molecular flexibility index (Phi) is 6.21. The molecule has 0 aromatic heterocycles. The van der Waals surface area contributed by atoms with E-state index in [1.165, 1.54) is 75.3 Å². The minimum Gasteiger partial charge on any atom is -0.496 e. The molecule has 1 aromatic rings. The molecule has 2 nitrogen and oxygen atoms in total. The molecule has 2 atom stereocenters. The number of rotatable bonds is 6. The van der Waals surface area contributed by atoms with Crippen molar-refractivity contribution in [2.45, 2.75) is 77.2 Å². The molecular weight excluding hydrogens is 294 g/mol. The average molecular weight is 330 g/mol. The highest BCUT2D eigenvalue weighted by molar-refractivity contribution is 5.42. The average Bonchev–Trinajstić information content (AvgIpc) is 2.62. The Hall–Kier alpha value is -1.02. The van der Waals surface area contributed by atoms with Gasteiger partial charge in [0.2, 0.25) is 0 Å². The van der Waals surface area contributed by atoms with Crippen molar-refractivity contribution in [3.05, 3.63) is 29.3 Å². The van der Waals surface area contributed by atoms with Crippen LogP contribution in [0.2, 0.25) is 0 Å². The van der Waals surface area contributed by atoms with Gasteiger partial charge in [0.05, 0.1) is 7.11 Å². The Bertz CT molecular complexity index is 519. The maximum Gasteiger partial charge on any atom is 0.122 e. The molecule has 1 aromatic carbocycles. The van der Waals surface area contributed by atoms with Crippen molar-refractivity contribution in [3.63, 3.8) is 0 Å². The highest BCUT2D eigenvalue weighted by Gasteiger charge is 2.30. The van der Waals surface area contributed by atoms with E-state index in [4.69, 9.17) is 10.5 Å².